The Morgan fingerprint density at radius 1 is 1.00 bits per heavy atom. The van der Waals surface area contributed by atoms with Gasteiger partial charge in [-0.2, -0.15) is 13.2 Å². The zero-order valence-electron chi connectivity index (χ0n) is 19.3. The fourth-order valence-electron chi connectivity index (χ4n) is 3.83. The van der Waals surface area contributed by atoms with Crippen molar-refractivity contribution in [2.45, 2.75) is 30.8 Å². The van der Waals surface area contributed by atoms with Gasteiger partial charge in [0, 0.05) is 0 Å². The SMILES string of the molecule is COc1ccc(CN2C(=O)C(C)(Cc3cccc(C(F)(F)F)c3)SC2=Nc2ccc(Cl)c(Cl)c2)cc1. The van der Waals surface area contributed by atoms with Gasteiger partial charge >= 0.3 is 6.18 Å². The van der Waals surface area contributed by atoms with Crippen molar-refractivity contribution in [3.63, 3.8) is 0 Å². The number of carbonyl (C=O) groups excluding carboxylic acids is 1. The normalized spacial score (nSPS) is 19.2. The summed E-state index contributed by atoms with van der Waals surface area (Å²) < 4.78 is 43.9. The van der Waals surface area contributed by atoms with Crippen molar-refractivity contribution < 1.29 is 22.7 Å². The first-order valence-corrected chi connectivity index (χ1v) is 12.4. The molecule has 0 N–H and O–H groups in total. The highest BCUT2D eigenvalue weighted by Crippen LogP contribution is 2.42. The average Bonchev–Trinajstić information content (AvgIpc) is 3.05. The molecule has 0 bridgehead atoms. The first kappa shape index (κ1) is 26.4. The van der Waals surface area contributed by atoms with Gasteiger partial charge in [0.1, 0.15) is 10.5 Å². The predicted octanol–water partition coefficient (Wildman–Crippen LogP) is 7.79. The number of amides is 1. The van der Waals surface area contributed by atoms with Crippen molar-refractivity contribution in [3.05, 3.63) is 93.5 Å². The molecule has 10 heteroatoms. The van der Waals surface area contributed by atoms with Crippen LogP contribution in [-0.2, 0) is 23.9 Å². The highest BCUT2D eigenvalue weighted by Gasteiger charge is 2.48. The Bertz CT molecular complexity index is 1320. The van der Waals surface area contributed by atoms with Gasteiger partial charge in [0.05, 0.1) is 35.0 Å². The van der Waals surface area contributed by atoms with Gasteiger partial charge < -0.3 is 4.74 Å². The van der Waals surface area contributed by atoms with E-state index in [4.69, 9.17) is 27.9 Å². The molecule has 4 rings (SSSR count). The number of carbonyl (C=O) groups is 1. The molecule has 36 heavy (non-hydrogen) atoms. The lowest BCUT2D eigenvalue weighted by molar-refractivity contribution is -0.137. The Morgan fingerprint density at radius 3 is 2.36 bits per heavy atom. The highest BCUT2D eigenvalue weighted by atomic mass is 35.5. The van der Waals surface area contributed by atoms with E-state index in [1.807, 2.05) is 12.1 Å². The fraction of sp³-hybridized carbons (Fsp3) is 0.231. The van der Waals surface area contributed by atoms with E-state index in [-0.39, 0.29) is 18.9 Å². The number of hydrogen-bond acceptors (Lipinski definition) is 4. The van der Waals surface area contributed by atoms with E-state index >= 15 is 0 Å². The minimum Gasteiger partial charge on any atom is -0.497 e. The Labute approximate surface area is 221 Å². The fourth-order valence-corrected chi connectivity index (χ4v) is 5.37. The number of aliphatic imine (C=N–C) groups is 1. The maximum Gasteiger partial charge on any atom is 0.416 e. The summed E-state index contributed by atoms with van der Waals surface area (Å²) in [6.07, 6.45) is -4.37. The van der Waals surface area contributed by atoms with Crippen molar-refractivity contribution >= 4 is 51.7 Å². The van der Waals surface area contributed by atoms with Gasteiger partial charge in [-0.05, 0) is 60.9 Å². The second-order valence-corrected chi connectivity index (χ2v) is 10.7. The van der Waals surface area contributed by atoms with Crippen molar-refractivity contribution in [2.24, 2.45) is 4.99 Å². The van der Waals surface area contributed by atoms with E-state index in [1.54, 1.807) is 55.3 Å². The van der Waals surface area contributed by atoms with Crippen LogP contribution in [0.4, 0.5) is 18.9 Å². The second kappa shape index (κ2) is 10.4. The number of methoxy groups -OCH3 is 1. The van der Waals surface area contributed by atoms with Crippen LogP contribution in [-0.4, -0.2) is 27.8 Å². The lowest BCUT2D eigenvalue weighted by Crippen LogP contribution is -2.38. The van der Waals surface area contributed by atoms with Crippen LogP contribution in [0.3, 0.4) is 0 Å². The van der Waals surface area contributed by atoms with Crippen LogP contribution in [0, 0.1) is 0 Å². The van der Waals surface area contributed by atoms with E-state index in [0.29, 0.717) is 32.2 Å². The van der Waals surface area contributed by atoms with Crippen LogP contribution in [0.2, 0.25) is 10.0 Å². The molecule has 1 aliphatic heterocycles. The Hall–Kier alpha value is -2.68. The summed E-state index contributed by atoms with van der Waals surface area (Å²) in [5.74, 6) is 0.430. The van der Waals surface area contributed by atoms with E-state index in [1.165, 1.54) is 17.8 Å². The number of rotatable bonds is 6. The van der Waals surface area contributed by atoms with Gasteiger partial charge in [0.15, 0.2) is 5.17 Å². The van der Waals surface area contributed by atoms with E-state index in [9.17, 15) is 18.0 Å². The number of amidine groups is 1. The molecule has 4 nitrogen and oxygen atoms in total. The third-order valence-electron chi connectivity index (χ3n) is 5.67. The third kappa shape index (κ3) is 5.82. The van der Waals surface area contributed by atoms with Crippen molar-refractivity contribution in [1.29, 1.82) is 0 Å². The number of hydrogen-bond donors (Lipinski definition) is 0. The summed E-state index contributed by atoms with van der Waals surface area (Å²) in [6, 6.07) is 17.2. The molecule has 1 heterocycles. The standard InChI is InChI=1S/C26H21Cl2F3N2O2S/c1-25(14-17-4-3-5-18(12-17)26(29,30)31)23(34)33(15-16-6-9-20(35-2)10-7-16)24(36-25)32-19-8-11-21(27)22(28)13-19/h3-13H,14-15H2,1-2H3. The summed E-state index contributed by atoms with van der Waals surface area (Å²) in [5, 5.41) is 1.12. The number of alkyl halides is 3. The maximum absolute atomic E-state index is 13.7. The summed E-state index contributed by atoms with van der Waals surface area (Å²) in [5.41, 5.74) is 1.00. The predicted molar refractivity (Wildman–Crippen MR) is 138 cm³/mol. The van der Waals surface area contributed by atoms with Crippen LogP contribution in [0.1, 0.15) is 23.6 Å². The molecule has 1 atom stereocenters. The lowest BCUT2D eigenvalue weighted by atomic mass is 9.97. The van der Waals surface area contributed by atoms with Gasteiger partial charge in [0.2, 0.25) is 5.91 Å². The first-order chi connectivity index (χ1) is 17.0. The van der Waals surface area contributed by atoms with Crippen molar-refractivity contribution in [1.82, 2.24) is 4.90 Å². The van der Waals surface area contributed by atoms with Gasteiger partial charge in [0.25, 0.3) is 0 Å². The van der Waals surface area contributed by atoms with E-state index in [2.05, 4.69) is 4.99 Å². The van der Waals surface area contributed by atoms with Gasteiger partial charge in [-0.15, -0.1) is 0 Å². The van der Waals surface area contributed by atoms with Gasteiger partial charge in [-0.3, -0.25) is 9.69 Å². The number of halogens is 5. The number of thioether (sulfide) groups is 1. The zero-order valence-corrected chi connectivity index (χ0v) is 21.6. The molecular formula is C26H21Cl2F3N2O2S. The number of ether oxygens (including phenoxy) is 1. The molecule has 1 saturated heterocycles. The molecule has 1 amide bonds. The molecule has 1 unspecified atom stereocenters. The molecule has 0 aromatic heterocycles. The summed E-state index contributed by atoms with van der Waals surface area (Å²) >= 11 is 13.4. The minimum atomic E-state index is -4.47. The van der Waals surface area contributed by atoms with Gasteiger partial charge in [-0.1, -0.05) is 65.3 Å². The average molecular weight is 553 g/mol. The maximum atomic E-state index is 13.7. The van der Waals surface area contributed by atoms with Gasteiger partial charge in [-0.25, -0.2) is 4.99 Å². The zero-order chi connectivity index (χ0) is 26.1. The molecule has 0 radical (unpaired) electrons. The topological polar surface area (TPSA) is 41.9 Å². The Kier molecular flexibility index (Phi) is 7.59. The molecule has 1 aliphatic rings. The van der Waals surface area contributed by atoms with Crippen LogP contribution >= 0.6 is 35.0 Å². The van der Waals surface area contributed by atoms with Crippen LogP contribution < -0.4 is 4.74 Å². The number of nitrogens with zero attached hydrogens (tertiary/aromatic N) is 2. The molecular weight excluding hydrogens is 532 g/mol. The summed E-state index contributed by atoms with van der Waals surface area (Å²) in [4.78, 5) is 19.9. The van der Waals surface area contributed by atoms with Crippen LogP contribution in [0.15, 0.2) is 71.7 Å². The van der Waals surface area contributed by atoms with E-state index < -0.39 is 16.5 Å². The van der Waals surface area contributed by atoms with E-state index in [0.717, 1.165) is 17.7 Å². The molecule has 3 aromatic rings. The molecule has 1 fully saturated rings. The molecule has 0 spiro atoms. The minimum absolute atomic E-state index is 0.0971. The molecule has 0 saturated carbocycles. The second-order valence-electron chi connectivity index (χ2n) is 8.44. The monoisotopic (exact) mass is 552 g/mol. The lowest BCUT2D eigenvalue weighted by Gasteiger charge is -2.22. The molecule has 3 aromatic carbocycles. The first-order valence-electron chi connectivity index (χ1n) is 10.8. The summed E-state index contributed by atoms with van der Waals surface area (Å²) in [7, 11) is 1.57. The smallest absolute Gasteiger partial charge is 0.416 e. The van der Waals surface area contributed by atoms with Crippen LogP contribution in [0.5, 0.6) is 5.75 Å². The Morgan fingerprint density at radius 2 is 1.72 bits per heavy atom. The Balaban J connectivity index is 1.69. The van der Waals surface area contributed by atoms with Crippen LogP contribution in [0.25, 0.3) is 0 Å². The highest BCUT2D eigenvalue weighted by molar-refractivity contribution is 8.16. The summed E-state index contributed by atoms with van der Waals surface area (Å²) in [6.45, 7) is 1.95. The molecule has 0 aliphatic carbocycles. The third-order valence-corrected chi connectivity index (χ3v) is 7.67. The van der Waals surface area contributed by atoms with Crippen molar-refractivity contribution in [2.75, 3.05) is 7.11 Å². The molecule has 188 valence electrons. The largest absolute Gasteiger partial charge is 0.497 e. The van der Waals surface area contributed by atoms with Crippen molar-refractivity contribution in [3.8, 4) is 5.75 Å². The quantitative estimate of drug-likeness (QED) is 0.313. The number of benzene rings is 3.